The van der Waals surface area contributed by atoms with Crippen LogP contribution in [0.1, 0.15) is 25.8 Å². The van der Waals surface area contributed by atoms with Gasteiger partial charge in [-0.3, -0.25) is 0 Å². The van der Waals surface area contributed by atoms with Crippen LogP contribution in [0.4, 0.5) is 0 Å². The van der Waals surface area contributed by atoms with Gasteiger partial charge in [-0.2, -0.15) is 0 Å². The minimum absolute atomic E-state index is 0.110. The van der Waals surface area contributed by atoms with Gasteiger partial charge in [0.05, 0.1) is 6.61 Å². The lowest BCUT2D eigenvalue weighted by Gasteiger charge is -2.15. The lowest BCUT2D eigenvalue weighted by atomic mass is 9.98. The second-order valence-electron chi connectivity index (χ2n) is 4.97. The molecule has 1 atom stereocenters. The fourth-order valence-electron chi connectivity index (χ4n) is 2.32. The number of hydrogen-bond acceptors (Lipinski definition) is 2. The quantitative estimate of drug-likeness (QED) is 0.664. The summed E-state index contributed by atoms with van der Waals surface area (Å²) in [6.07, 6.45) is 1.57. The zero-order valence-electron chi connectivity index (χ0n) is 12.1. The normalized spacial score (nSPS) is 11.8. The first kappa shape index (κ1) is 14.4. The van der Waals surface area contributed by atoms with Gasteiger partial charge in [0.1, 0.15) is 5.75 Å². The Balaban J connectivity index is 2.33. The number of ether oxygens (including phenoxy) is 1. The highest BCUT2D eigenvalue weighted by Gasteiger charge is 2.10. The van der Waals surface area contributed by atoms with E-state index in [-0.39, 0.29) is 6.04 Å². The van der Waals surface area contributed by atoms with E-state index >= 15 is 0 Å². The maximum Gasteiger partial charge on any atom is 0.123 e. The summed E-state index contributed by atoms with van der Waals surface area (Å²) in [5.74, 6) is 6.83. The second kappa shape index (κ2) is 6.98. The fraction of sp³-hybridized carbons (Fsp3) is 0.333. The molecule has 0 aliphatic rings. The van der Waals surface area contributed by atoms with Crippen molar-refractivity contribution in [2.24, 2.45) is 5.73 Å². The molecule has 0 spiro atoms. The summed E-state index contributed by atoms with van der Waals surface area (Å²) in [6.45, 7) is 4.48. The van der Waals surface area contributed by atoms with Gasteiger partial charge in [0.2, 0.25) is 0 Å². The molecule has 0 aliphatic carbocycles. The topological polar surface area (TPSA) is 35.2 Å². The zero-order valence-corrected chi connectivity index (χ0v) is 12.1. The lowest BCUT2D eigenvalue weighted by Crippen LogP contribution is -2.18. The first-order valence-electron chi connectivity index (χ1n) is 7.01. The van der Waals surface area contributed by atoms with E-state index in [1.807, 2.05) is 19.9 Å². The molecule has 0 saturated heterocycles. The Kier molecular flexibility index (Phi) is 5.03. The molecule has 0 fully saturated rings. The van der Waals surface area contributed by atoms with Crippen molar-refractivity contribution in [2.45, 2.75) is 32.7 Å². The summed E-state index contributed by atoms with van der Waals surface area (Å²) >= 11 is 0. The van der Waals surface area contributed by atoms with E-state index in [1.165, 1.54) is 16.3 Å². The summed E-state index contributed by atoms with van der Waals surface area (Å²) in [6, 6.07) is 12.6. The molecule has 20 heavy (non-hydrogen) atoms. The van der Waals surface area contributed by atoms with E-state index in [0.717, 1.165) is 18.6 Å². The van der Waals surface area contributed by atoms with Gasteiger partial charge in [-0.05, 0) is 37.1 Å². The summed E-state index contributed by atoms with van der Waals surface area (Å²) in [5.41, 5.74) is 7.18. The van der Waals surface area contributed by atoms with E-state index in [4.69, 9.17) is 10.5 Å². The van der Waals surface area contributed by atoms with E-state index in [0.29, 0.717) is 6.61 Å². The predicted molar refractivity (Wildman–Crippen MR) is 84.9 cm³/mol. The molecular weight excluding hydrogens is 246 g/mol. The molecule has 2 N–H and O–H groups in total. The summed E-state index contributed by atoms with van der Waals surface area (Å²) in [4.78, 5) is 0. The third-order valence-corrected chi connectivity index (χ3v) is 3.19. The van der Waals surface area contributed by atoms with Gasteiger partial charge >= 0.3 is 0 Å². The van der Waals surface area contributed by atoms with Gasteiger partial charge in [0, 0.05) is 18.0 Å². The van der Waals surface area contributed by atoms with Crippen molar-refractivity contribution in [3.8, 4) is 17.6 Å². The number of rotatable bonds is 5. The number of benzene rings is 2. The summed E-state index contributed by atoms with van der Waals surface area (Å²) in [5, 5.41) is 2.45. The Morgan fingerprint density at radius 3 is 2.75 bits per heavy atom. The van der Waals surface area contributed by atoms with Crippen molar-refractivity contribution in [3.63, 3.8) is 0 Å². The van der Waals surface area contributed by atoms with Crippen LogP contribution in [-0.2, 0) is 6.42 Å². The molecule has 1 unspecified atom stereocenters. The van der Waals surface area contributed by atoms with Crippen LogP contribution >= 0.6 is 0 Å². The first-order valence-corrected chi connectivity index (χ1v) is 7.01. The van der Waals surface area contributed by atoms with Crippen molar-refractivity contribution < 1.29 is 4.74 Å². The van der Waals surface area contributed by atoms with Gasteiger partial charge in [-0.15, -0.1) is 11.8 Å². The largest absolute Gasteiger partial charge is 0.492 e. The van der Waals surface area contributed by atoms with E-state index < -0.39 is 0 Å². The van der Waals surface area contributed by atoms with E-state index in [9.17, 15) is 0 Å². The Morgan fingerprint density at radius 2 is 2.00 bits per heavy atom. The number of nitrogens with two attached hydrogens (primary N) is 1. The minimum atomic E-state index is 0.110. The number of fused-ring (bicyclic) bond motifs is 1. The minimum Gasteiger partial charge on any atom is -0.492 e. The molecule has 0 saturated carbocycles. The van der Waals surface area contributed by atoms with Crippen molar-refractivity contribution in [2.75, 3.05) is 6.61 Å². The highest BCUT2D eigenvalue weighted by atomic mass is 16.5. The molecule has 104 valence electrons. The molecule has 0 bridgehead atoms. The molecule has 2 rings (SSSR count). The molecule has 0 aromatic heterocycles. The smallest absolute Gasteiger partial charge is 0.123 e. The van der Waals surface area contributed by atoms with Crippen molar-refractivity contribution in [1.82, 2.24) is 0 Å². The highest BCUT2D eigenvalue weighted by Crippen LogP contribution is 2.29. The monoisotopic (exact) mass is 267 g/mol. The molecule has 0 radical (unpaired) electrons. The van der Waals surface area contributed by atoms with Crippen LogP contribution in [0, 0.1) is 11.8 Å². The lowest BCUT2D eigenvalue weighted by molar-refractivity contribution is 0.323. The van der Waals surface area contributed by atoms with Crippen molar-refractivity contribution >= 4 is 10.8 Å². The molecule has 0 heterocycles. The standard InChI is InChI=1S/C18H21NO/c1-3-4-7-12-20-18-11-10-15-8-5-6-9-16(15)17(18)13-14(2)19/h5-6,8-11,14H,7,12-13,19H2,1-2H3. The van der Waals surface area contributed by atoms with Crippen molar-refractivity contribution in [3.05, 3.63) is 42.0 Å². The van der Waals surface area contributed by atoms with E-state index in [1.54, 1.807) is 0 Å². The van der Waals surface area contributed by atoms with Gasteiger partial charge in [-0.25, -0.2) is 0 Å². The van der Waals surface area contributed by atoms with Crippen LogP contribution in [0.25, 0.3) is 10.8 Å². The molecule has 2 heteroatoms. The zero-order chi connectivity index (χ0) is 14.4. The van der Waals surface area contributed by atoms with Crippen LogP contribution < -0.4 is 10.5 Å². The Hall–Kier alpha value is -1.98. The maximum absolute atomic E-state index is 5.98. The van der Waals surface area contributed by atoms with Crippen LogP contribution in [-0.4, -0.2) is 12.6 Å². The third-order valence-electron chi connectivity index (χ3n) is 3.19. The molecule has 0 amide bonds. The Labute approximate surface area is 120 Å². The summed E-state index contributed by atoms with van der Waals surface area (Å²) < 4.78 is 5.89. The SMILES string of the molecule is CC#CCCOc1ccc2ccccc2c1CC(C)N. The highest BCUT2D eigenvalue weighted by molar-refractivity contribution is 5.87. The van der Waals surface area contributed by atoms with Crippen LogP contribution in [0.3, 0.4) is 0 Å². The van der Waals surface area contributed by atoms with E-state index in [2.05, 4.69) is 42.2 Å². The second-order valence-corrected chi connectivity index (χ2v) is 4.97. The first-order chi connectivity index (χ1) is 9.72. The van der Waals surface area contributed by atoms with Crippen LogP contribution in [0.15, 0.2) is 36.4 Å². The Morgan fingerprint density at radius 1 is 1.20 bits per heavy atom. The average Bonchev–Trinajstić information content (AvgIpc) is 2.45. The summed E-state index contributed by atoms with van der Waals surface area (Å²) in [7, 11) is 0. The average molecular weight is 267 g/mol. The van der Waals surface area contributed by atoms with Gasteiger partial charge < -0.3 is 10.5 Å². The molecular formula is C18H21NO. The molecule has 2 aromatic rings. The van der Waals surface area contributed by atoms with Gasteiger partial charge in [-0.1, -0.05) is 30.3 Å². The van der Waals surface area contributed by atoms with Gasteiger partial charge in [0.25, 0.3) is 0 Å². The molecule has 0 aliphatic heterocycles. The third kappa shape index (κ3) is 3.53. The fourth-order valence-corrected chi connectivity index (χ4v) is 2.32. The molecule has 2 aromatic carbocycles. The maximum atomic E-state index is 5.98. The Bertz CT molecular complexity index is 635. The van der Waals surface area contributed by atoms with Gasteiger partial charge in [0.15, 0.2) is 0 Å². The van der Waals surface area contributed by atoms with Crippen LogP contribution in [0.2, 0.25) is 0 Å². The van der Waals surface area contributed by atoms with Crippen LogP contribution in [0.5, 0.6) is 5.75 Å². The predicted octanol–water partition coefficient (Wildman–Crippen LogP) is 3.52. The number of hydrogen-bond donors (Lipinski definition) is 1. The van der Waals surface area contributed by atoms with Crippen molar-refractivity contribution in [1.29, 1.82) is 0 Å². The molecule has 2 nitrogen and oxygen atoms in total.